The van der Waals surface area contributed by atoms with E-state index in [4.69, 9.17) is 9.47 Å². The first-order chi connectivity index (χ1) is 7.35. The fourth-order valence-corrected chi connectivity index (χ4v) is 1.61. The predicted octanol–water partition coefficient (Wildman–Crippen LogP) is 3.69. The molecule has 0 bridgehead atoms. The maximum atomic E-state index is 5.25. The Kier molecular flexibility index (Phi) is 10.5. The Morgan fingerprint density at radius 2 is 1.72 bits per heavy atom. The first-order valence-electron chi connectivity index (χ1n) is 4.85. The molecule has 0 saturated heterocycles. The Morgan fingerprint density at radius 1 is 1.06 bits per heavy atom. The molecule has 1 aromatic carbocycles. The summed E-state index contributed by atoms with van der Waals surface area (Å²) in [6.07, 6.45) is 8.32. The second-order valence-electron chi connectivity index (χ2n) is 3.27. The monoisotopic (exact) mass is 321 g/mol. The van der Waals surface area contributed by atoms with Crippen LogP contribution in [0.3, 0.4) is 0 Å². The first-order valence-corrected chi connectivity index (χ1v) is 4.85. The van der Waals surface area contributed by atoms with E-state index in [-0.39, 0.29) is 46.5 Å². The van der Waals surface area contributed by atoms with Gasteiger partial charge in [-0.2, -0.15) is 17.7 Å². The van der Waals surface area contributed by atoms with Crippen LogP contribution < -0.4 is 9.47 Å². The molecule has 0 saturated carbocycles. The van der Waals surface area contributed by atoms with Crippen molar-refractivity contribution < 1.29 is 31.2 Å². The minimum atomic E-state index is 0. The SMILES string of the molecule is COc1ccc(C2=[C-]CC=C2)cc1OC.Cl.Cl.[Ti]. The van der Waals surface area contributed by atoms with Crippen LogP contribution in [0.1, 0.15) is 12.0 Å². The van der Waals surface area contributed by atoms with Crippen LogP contribution in [-0.2, 0) is 21.7 Å². The van der Waals surface area contributed by atoms with Crippen molar-refractivity contribution in [3.05, 3.63) is 42.0 Å². The van der Waals surface area contributed by atoms with Gasteiger partial charge < -0.3 is 9.47 Å². The van der Waals surface area contributed by atoms with Crippen molar-refractivity contribution in [3.63, 3.8) is 0 Å². The summed E-state index contributed by atoms with van der Waals surface area (Å²) < 4.78 is 10.4. The van der Waals surface area contributed by atoms with Gasteiger partial charge in [0.25, 0.3) is 0 Å². The second kappa shape index (κ2) is 9.51. The van der Waals surface area contributed by atoms with Crippen LogP contribution in [0.2, 0.25) is 0 Å². The molecular weight excluding hydrogens is 307 g/mol. The van der Waals surface area contributed by atoms with E-state index in [1.807, 2.05) is 18.2 Å². The summed E-state index contributed by atoms with van der Waals surface area (Å²) in [5.41, 5.74) is 2.23. The van der Waals surface area contributed by atoms with E-state index in [2.05, 4.69) is 18.2 Å². The molecule has 1 aromatic rings. The first kappa shape index (κ1) is 19.9. The molecule has 0 amide bonds. The van der Waals surface area contributed by atoms with Gasteiger partial charge in [0.15, 0.2) is 5.75 Å². The summed E-state index contributed by atoms with van der Waals surface area (Å²) >= 11 is 0. The van der Waals surface area contributed by atoms with E-state index in [0.717, 1.165) is 29.1 Å². The normalized spacial score (nSPS) is 11.6. The molecule has 0 heterocycles. The molecule has 0 spiro atoms. The molecule has 0 N–H and O–H groups in total. The Bertz CT molecular complexity index is 431. The summed E-state index contributed by atoms with van der Waals surface area (Å²) in [6.45, 7) is 0. The Labute approximate surface area is 135 Å². The quantitative estimate of drug-likeness (QED) is 0.624. The van der Waals surface area contributed by atoms with Crippen molar-refractivity contribution in [2.75, 3.05) is 14.2 Å². The number of methoxy groups -OCH3 is 2. The Balaban J connectivity index is 0. The van der Waals surface area contributed by atoms with Crippen LogP contribution in [0.4, 0.5) is 0 Å². The predicted molar refractivity (Wildman–Crippen MR) is 74.4 cm³/mol. The fourth-order valence-electron chi connectivity index (χ4n) is 1.61. The number of hydrogen-bond acceptors (Lipinski definition) is 2. The molecule has 2 rings (SSSR count). The van der Waals surface area contributed by atoms with Gasteiger partial charge in [-0.15, -0.1) is 42.5 Å². The fraction of sp³-hybridized carbons (Fsp3) is 0.231. The van der Waals surface area contributed by atoms with Crippen molar-refractivity contribution in [2.24, 2.45) is 0 Å². The maximum absolute atomic E-state index is 5.25. The number of ether oxygens (including phenoxy) is 2. The molecule has 18 heavy (non-hydrogen) atoms. The van der Waals surface area contributed by atoms with E-state index < -0.39 is 0 Å². The molecule has 0 aromatic heterocycles. The Hall–Kier alpha value is -0.406. The molecule has 1 aliphatic rings. The third kappa shape index (κ3) is 4.36. The average Bonchev–Trinajstić information content (AvgIpc) is 2.81. The summed E-state index contributed by atoms with van der Waals surface area (Å²) in [7, 11) is 3.28. The molecule has 98 valence electrons. The van der Waals surface area contributed by atoms with Gasteiger partial charge in [0.05, 0.1) is 14.2 Å². The van der Waals surface area contributed by atoms with Crippen LogP contribution in [0.25, 0.3) is 5.57 Å². The van der Waals surface area contributed by atoms with E-state index >= 15 is 0 Å². The standard InChI is InChI=1S/C13H13O2.2ClH.Ti/c1-14-12-8-7-11(9-13(12)15-2)10-5-3-4-6-10;;;/h3,5,7-9H,4H2,1-2H3;2*1H;/q-1;;;. The van der Waals surface area contributed by atoms with Crippen LogP contribution in [0.15, 0.2) is 30.4 Å². The molecule has 0 aliphatic heterocycles. The smallest absolute Gasteiger partial charge is 0.158 e. The zero-order chi connectivity index (χ0) is 10.7. The van der Waals surface area contributed by atoms with Crippen molar-refractivity contribution in [2.45, 2.75) is 6.42 Å². The zero-order valence-electron chi connectivity index (χ0n) is 10.2. The largest absolute Gasteiger partial charge is 0.494 e. The van der Waals surface area contributed by atoms with Gasteiger partial charge in [0.2, 0.25) is 0 Å². The van der Waals surface area contributed by atoms with Crippen LogP contribution in [-0.4, -0.2) is 14.2 Å². The van der Waals surface area contributed by atoms with Gasteiger partial charge >= 0.3 is 0 Å². The molecular formula is C13H15Cl2O2Ti-. The van der Waals surface area contributed by atoms with Gasteiger partial charge in [-0.1, -0.05) is 12.5 Å². The van der Waals surface area contributed by atoms with Gasteiger partial charge in [-0.05, 0) is 6.07 Å². The third-order valence-corrected chi connectivity index (χ3v) is 2.39. The number of halogens is 2. The zero-order valence-corrected chi connectivity index (χ0v) is 13.4. The van der Waals surface area contributed by atoms with Gasteiger partial charge in [-0.3, -0.25) is 0 Å². The molecule has 5 heteroatoms. The average molecular weight is 322 g/mol. The molecule has 0 unspecified atom stereocenters. The number of benzene rings is 1. The molecule has 0 atom stereocenters. The van der Waals surface area contributed by atoms with E-state index in [9.17, 15) is 0 Å². The van der Waals surface area contributed by atoms with Crippen LogP contribution in [0.5, 0.6) is 11.5 Å². The molecule has 1 aliphatic carbocycles. The minimum Gasteiger partial charge on any atom is -0.494 e. The number of rotatable bonds is 3. The maximum Gasteiger partial charge on any atom is 0.158 e. The van der Waals surface area contributed by atoms with Gasteiger partial charge in [-0.25, -0.2) is 0 Å². The third-order valence-electron chi connectivity index (χ3n) is 2.39. The summed E-state index contributed by atoms with van der Waals surface area (Å²) in [5, 5.41) is 0. The summed E-state index contributed by atoms with van der Waals surface area (Å²) in [6, 6.07) is 5.89. The molecule has 2 nitrogen and oxygen atoms in total. The van der Waals surface area contributed by atoms with E-state index in [1.165, 1.54) is 0 Å². The number of allylic oxidation sites excluding steroid dienone is 4. The van der Waals surface area contributed by atoms with E-state index in [1.54, 1.807) is 14.2 Å². The van der Waals surface area contributed by atoms with E-state index in [0.29, 0.717) is 0 Å². The second-order valence-corrected chi connectivity index (χ2v) is 3.27. The van der Waals surface area contributed by atoms with Gasteiger partial charge in [0, 0.05) is 21.7 Å². The molecule has 0 radical (unpaired) electrons. The molecule has 0 fully saturated rings. The topological polar surface area (TPSA) is 18.5 Å². The minimum absolute atomic E-state index is 0. The Morgan fingerprint density at radius 3 is 2.22 bits per heavy atom. The van der Waals surface area contributed by atoms with Gasteiger partial charge in [0.1, 0.15) is 5.75 Å². The van der Waals surface area contributed by atoms with Crippen molar-refractivity contribution >= 4 is 30.4 Å². The van der Waals surface area contributed by atoms with Crippen LogP contribution >= 0.6 is 24.8 Å². The van der Waals surface area contributed by atoms with Crippen molar-refractivity contribution in [1.29, 1.82) is 0 Å². The summed E-state index contributed by atoms with van der Waals surface area (Å²) in [5.74, 6) is 1.51. The summed E-state index contributed by atoms with van der Waals surface area (Å²) in [4.78, 5) is 0. The van der Waals surface area contributed by atoms with Crippen molar-refractivity contribution in [1.82, 2.24) is 0 Å². The van der Waals surface area contributed by atoms with Crippen molar-refractivity contribution in [3.8, 4) is 11.5 Å². The number of hydrogen-bond donors (Lipinski definition) is 0. The van der Waals surface area contributed by atoms with Crippen LogP contribution in [0, 0.1) is 6.08 Å².